The number of ether oxygens (including phenoxy) is 1. The standard InChI is InChI=1S/C19H16N2O3S/c1-24-15-8-6-12(7-9-15)16-10-11-20-18(21-16)17(25)13-2-4-14(5-3-13)19(22)23/h2-11,17,25H,1H3,(H,22,23). The third-order valence-corrected chi connectivity index (χ3v) is 4.31. The molecule has 0 radical (unpaired) electrons. The molecule has 6 heteroatoms. The van der Waals surface area contributed by atoms with E-state index in [2.05, 4.69) is 22.6 Å². The zero-order chi connectivity index (χ0) is 17.8. The Morgan fingerprint density at radius 3 is 2.36 bits per heavy atom. The summed E-state index contributed by atoms with van der Waals surface area (Å²) < 4.78 is 5.16. The average Bonchev–Trinajstić information content (AvgIpc) is 2.67. The minimum Gasteiger partial charge on any atom is -0.497 e. The number of carboxylic acids is 1. The Balaban J connectivity index is 1.88. The van der Waals surface area contributed by atoms with Gasteiger partial charge < -0.3 is 9.84 Å². The highest BCUT2D eigenvalue weighted by atomic mass is 32.1. The number of benzene rings is 2. The topological polar surface area (TPSA) is 72.3 Å². The highest BCUT2D eigenvalue weighted by Crippen LogP contribution is 2.28. The summed E-state index contributed by atoms with van der Waals surface area (Å²) in [6.07, 6.45) is 1.69. The third kappa shape index (κ3) is 3.80. The van der Waals surface area contributed by atoms with Crippen LogP contribution in [0.1, 0.15) is 27.0 Å². The van der Waals surface area contributed by atoms with E-state index in [0.29, 0.717) is 5.82 Å². The molecule has 0 aliphatic heterocycles. The van der Waals surface area contributed by atoms with Gasteiger partial charge in [0.25, 0.3) is 0 Å². The number of nitrogens with zero attached hydrogens (tertiary/aromatic N) is 2. The Morgan fingerprint density at radius 1 is 1.08 bits per heavy atom. The molecule has 2 aromatic carbocycles. The molecule has 0 aliphatic carbocycles. The van der Waals surface area contributed by atoms with Gasteiger partial charge in [0.15, 0.2) is 0 Å². The highest BCUT2D eigenvalue weighted by molar-refractivity contribution is 7.80. The molecule has 0 spiro atoms. The number of aromatic carboxylic acids is 1. The van der Waals surface area contributed by atoms with Crippen LogP contribution in [-0.2, 0) is 0 Å². The quantitative estimate of drug-likeness (QED) is 0.682. The van der Waals surface area contributed by atoms with Gasteiger partial charge >= 0.3 is 5.97 Å². The van der Waals surface area contributed by atoms with Crippen LogP contribution in [0.15, 0.2) is 60.8 Å². The summed E-state index contributed by atoms with van der Waals surface area (Å²) in [6.45, 7) is 0. The molecular formula is C19H16N2O3S. The van der Waals surface area contributed by atoms with Crippen LogP contribution < -0.4 is 4.74 Å². The summed E-state index contributed by atoms with van der Waals surface area (Å²) in [5, 5.41) is 8.63. The zero-order valence-electron chi connectivity index (χ0n) is 13.5. The summed E-state index contributed by atoms with van der Waals surface area (Å²) in [6, 6.07) is 16.0. The Bertz CT molecular complexity index is 880. The smallest absolute Gasteiger partial charge is 0.335 e. The molecule has 3 aromatic rings. The number of methoxy groups -OCH3 is 1. The number of aromatic nitrogens is 2. The van der Waals surface area contributed by atoms with E-state index in [4.69, 9.17) is 9.84 Å². The normalized spacial score (nSPS) is 11.8. The van der Waals surface area contributed by atoms with Gasteiger partial charge in [0.05, 0.1) is 23.6 Å². The zero-order valence-corrected chi connectivity index (χ0v) is 14.4. The molecule has 5 nitrogen and oxygen atoms in total. The van der Waals surface area contributed by atoms with Crippen molar-refractivity contribution in [3.63, 3.8) is 0 Å². The lowest BCUT2D eigenvalue weighted by molar-refractivity contribution is 0.0697. The Labute approximate surface area is 150 Å². The van der Waals surface area contributed by atoms with E-state index in [9.17, 15) is 4.79 Å². The molecule has 0 bridgehead atoms. The fourth-order valence-electron chi connectivity index (χ4n) is 2.39. The number of hydrogen-bond acceptors (Lipinski definition) is 5. The first-order chi connectivity index (χ1) is 12.1. The van der Waals surface area contributed by atoms with E-state index in [1.165, 1.54) is 0 Å². The fourth-order valence-corrected chi connectivity index (χ4v) is 2.68. The molecule has 0 fully saturated rings. The van der Waals surface area contributed by atoms with Crippen LogP contribution in [0, 0.1) is 0 Å². The molecule has 1 N–H and O–H groups in total. The Hall–Kier alpha value is -2.86. The van der Waals surface area contributed by atoms with Crippen LogP contribution in [0.4, 0.5) is 0 Å². The SMILES string of the molecule is COc1ccc(-c2ccnc(C(S)c3ccc(C(=O)O)cc3)n2)cc1. The summed E-state index contributed by atoms with van der Waals surface area (Å²) in [5.74, 6) is 0.378. The number of rotatable bonds is 5. The van der Waals surface area contributed by atoms with Crippen LogP contribution >= 0.6 is 12.6 Å². The lowest BCUT2D eigenvalue weighted by Gasteiger charge is -2.11. The number of carbonyl (C=O) groups is 1. The van der Waals surface area contributed by atoms with Crippen molar-refractivity contribution < 1.29 is 14.6 Å². The molecule has 0 aliphatic rings. The summed E-state index contributed by atoms with van der Waals surface area (Å²) in [7, 11) is 1.62. The van der Waals surface area contributed by atoms with Gasteiger partial charge in [-0.3, -0.25) is 0 Å². The maximum absolute atomic E-state index is 10.9. The van der Waals surface area contributed by atoms with Crippen LogP contribution in [0.2, 0.25) is 0 Å². The summed E-state index contributed by atoms with van der Waals surface area (Å²) >= 11 is 4.59. The van der Waals surface area contributed by atoms with E-state index >= 15 is 0 Å². The van der Waals surface area contributed by atoms with E-state index in [0.717, 1.165) is 22.6 Å². The minimum atomic E-state index is -0.958. The largest absolute Gasteiger partial charge is 0.497 e. The first-order valence-electron chi connectivity index (χ1n) is 7.57. The van der Waals surface area contributed by atoms with E-state index < -0.39 is 5.97 Å². The second kappa shape index (κ2) is 7.36. The van der Waals surface area contributed by atoms with Crippen molar-refractivity contribution in [1.82, 2.24) is 9.97 Å². The van der Waals surface area contributed by atoms with Crippen molar-refractivity contribution in [2.45, 2.75) is 5.25 Å². The van der Waals surface area contributed by atoms with Gasteiger partial charge in [0.1, 0.15) is 11.6 Å². The first kappa shape index (κ1) is 17.0. The van der Waals surface area contributed by atoms with Gasteiger partial charge in [-0.05, 0) is 48.0 Å². The molecule has 1 unspecified atom stereocenters. The molecule has 1 heterocycles. The summed E-state index contributed by atoms with van der Waals surface area (Å²) in [5.41, 5.74) is 2.80. The summed E-state index contributed by atoms with van der Waals surface area (Å²) in [4.78, 5) is 19.8. The monoisotopic (exact) mass is 352 g/mol. The fraction of sp³-hybridized carbons (Fsp3) is 0.105. The second-order valence-corrected chi connectivity index (χ2v) is 5.87. The van der Waals surface area contributed by atoms with Gasteiger partial charge in [0.2, 0.25) is 0 Å². The van der Waals surface area contributed by atoms with Crippen molar-refractivity contribution in [2.75, 3.05) is 7.11 Å². The van der Waals surface area contributed by atoms with E-state index in [-0.39, 0.29) is 10.8 Å². The van der Waals surface area contributed by atoms with Crippen LogP contribution in [0.5, 0.6) is 5.75 Å². The van der Waals surface area contributed by atoms with Gasteiger partial charge in [0, 0.05) is 11.8 Å². The number of hydrogen-bond donors (Lipinski definition) is 2. The molecule has 3 rings (SSSR count). The van der Waals surface area contributed by atoms with Crippen LogP contribution in [-0.4, -0.2) is 28.2 Å². The van der Waals surface area contributed by atoms with E-state index in [1.54, 1.807) is 37.6 Å². The molecule has 0 saturated carbocycles. The van der Waals surface area contributed by atoms with Crippen molar-refractivity contribution in [3.05, 3.63) is 77.7 Å². The molecule has 0 amide bonds. The maximum Gasteiger partial charge on any atom is 0.335 e. The third-order valence-electron chi connectivity index (χ3n) is 3.78. The second-order valence-electron chi connectivity index (χ2n) is 5.36. The van der Waals surface area contributed by atoms with Crippen LogP contribution in [0.3, 0.4) is 0 Å². The molecule has 1 atom stereocenters. The lowest BCUT2D eigenvalue weighted by atomic mass is 10.1. The molecule has 0 saturated heterocycles. The molecule has 126 valence electrons. The average molecular weight is 352 g/mol. The molecule has 25 heavy (non-hydrogen) atoms. The predicted octanol–water partition coefficient (Wildman–Crippen LogP) is 3.87. The Morgan fingerprint density at radius 2 is 1.76 bits per heavy atom. The van der Waals surface area contributed by atoms with Gasteiger partial charge in [-0.15, -0.1) is 0 Å². The van der Waals surface area contributed by atoms with Crippen molar-refractivity contribution >= 4 is 18.6 Å². The van der Waals surface area contributed by atoms with Gasteiger partial charge in [-0.25, -0.2) is 14.8 Å². The predicted molar refractivity (Wildman–Crippen MR) is 98.3 cm³/mol. The number of carboxylic acid groups (broad SMARTS) is 1. The highest BCUT2D eigenvalue weighted by Gasteiger charge is 2.14. The van der Waals surface area contributed by atoms with Crippen LogP contribution in [0.25, 0.3) is 11.3 Å². The Kier molecular flexibility index (Phi) is 5.00. The van der Waals surface area contributed by atoms with Crippen molar-refractivity contribution in [2.24, 2.45) is 0 Å². The first-order valence-corrected chi connectivity index (χ1v) is 8.09. The molecular weight excluding hydrogens is 336 g/mol. The van der Waals surface area contributed by atoms with Gasteiger partial charge in [-0.2, -0.15) is 12.6 Å². The minimum absolute atomic E-state index is 0.234. The van der Waals surface area contributed by atoms with E-state index in [1.807, 2.05) is 30.3 Å². The maximum atomic E-state index is 10.9. The molecule has 1 aromatic heterocycles. The number of thiol groups is 1. The van der Waals surface area contributed by atoms with Crippen molar-refractivity contribution in [3.8, 4) is 17.0 Å². The lowest BCUT2D eigenvalue weighted by Crippen LogP contribution is -2.02. The van der Waals surface area contributed by atoms with Gasteiger partial charge in [-0.1, -0.05) is 12.1 Å². The van der Waals surface area contributed by atoms with Crippen molar-refractivity contribution in [1.29, 1.82) is 0 Å².